The monoisotopic (exact) mass is 261 g/mol. The van der Waals surface area contributed by atoms with Crippen molar-refractivity contribution in [2.45, 2.75) is 13.3 Å². The molecule has 1 atom stereocenters. The summed E-state index contributed by atoms with van der Waals surface area (Å²) in [5.74, 6) is -1.37. The Kier molecular flexibility index (Phi) is 1.98. The van der Waals surface area contributed by atoms with Gasteiger partial charge in [0.2, 0.25) is 17.3 Å². The molecule has 17 heavy (non-hydrogen) atoms. The average molecular weight is 261 g/mol. The number of benzene rings is 1. The number of ether oxygens (including phenoxy) is 1. The number of anilines is 1. The Labute approximate surface area is 96.0 Å². The zero-order valence-electron chi connectivity index (χ0n) is 8.86. The van der Waals surface area contributed by atoms with Crippen molar-refractivity contribution >= 4 is 13.5 Å². The molecule has 2 aliphatic rings. The number of hydrogen-bond donors (Lipinski definition) is 1. The van der Waals surface area contributed by atoms with Gasteiger partial charge in [0.25, 0.3) is 0 Å². The highest BCUT2D eigenvalue weighted by Gasteiger charge is 2.52. The number of rotatable bonds is 3. The number of phosphoric ester groups is 1. The van der Waals surface area contributed by atoms with Crippen LogP contribution in [0.5, 0.6) is 23.0 Å². The predicted octanol–water partition coefficient (Wildman–Crippen LogP) is 2.47. The molecule has 0 radical (unpaired) electrons. The first kappa shape index (κ1) is 10.5. The number of nitrogen functional groups attached to an aromatic ring is 1. The summed E-state index contributed by atoms with van der Waals surface area (Å²) >= 11 is 0. The van der Waals surface area contributed by atoms with E-state index in [0.29, 0.717) is 6.61 Å². The molecule has 2 aliphatic heterocycles. The van der Waals surface area contributed by atoms with Crippen LogP contribution in [-0.2, 0) is 4.57 Å². The van der Waals surface area contributed by atoms with Crippen molar-refractivity contribution in [3.05, 3.63) is 5.82 Å². The van der Waals surface area contributed by atoms with E-state index in [9.17, 15) is 8.96 Å². The van der Waals surface area contributed by atoms with E-state index in [-0.39, 0.29) is 28.7 Å². The Hall–Kier alpha value is -1.62. The SMILES string of the molecule is CCCOc1c(N)c2c(F)c3c1OP(=O)(O2)O3. The molecule has 6 nitrogen and oxygen atoms in total. The number of halogens is 1. The van der Waals surface area contributed by atoms with Crippen molar-refractivity contribution in [2.24, 2.45) is 0 Å². The van der Waals surface area contributed by atoms with Gasteiger partial charge in [0.1, 0.15) is 5.69 Å². The third-order valence-corrected chi connectivity index (χ3v) is 3.58. The van der Waals surface area contributed by atoms with E-state index in [1.165, 1.54) is 0 Å². The minimum Gasteiger partial charge on any atom is -0.487 e. The average Bonchev–Trinajstić information content (AvgIpc) is 2.53. The van der Waals surface area contributed by atoms with Gasteiger partial charge in [0.15, 0.2) is 11.5 Å². The molecule has 1 aromatic carbocycles. The Balaban J connectivity index is 2.19. The lowest BCUT2D eigenvalue weighted by Crippen LogP contribution is -2.07. The topological polar surface area (TPSA) is 80.0 Å². The fourth-order valence-corrected chi connectivity index (χ4v) is 2.93. The molecule has 0 aliphatic carbocycles. The summed E-state index contributed by atoms with van der Waals surface area (Å²) in [5, 5.41) is 0. The summed E-state index contributed by atoms with van der Waals surface area (Å²) in [6, 6.07) is 0. The lowest BCUT2D eigenvalue weighted by molar-refractivity contribution is 0.305. The quantitative estimate of drug-likeness (QED) is 0.665. The van der Waals surface area contributed by atoms with Gasteiger partial charge in [-0.25, -0.2) is 0 Å². The molecular formula is C9H9FNO5P. The van der Waals surface area contributed by atoms with Gasteiger partial charge < -0.3 is 24.0 Å². The lowest BCUT2D eigenvalue weighted by atomic mass is 10.2. The lowest BCUT2D eigenvalue weighted by Gasteiger charge is -2.16. The molecular weight excluding hydrogens is 252 g/mol. The second-order valence-electron chi connectivity index (χ2n) is 3.61. The zero-order chi connectivity index (χ0) is 12.2. The van der Waals surface area contributed by atoms with Gasteiger partial charge >= 0.3 is 7.82 Å². The number of nitrogens with two attached hydrogens (primary N) is 1. The van der Waals surface area contributed by atoms with Crippen LogP contribution in [0.25, 0.3) is 0 Å². The van der Waals surface area contributed by atoms with Crippen LogP contribution in [0.1, 0.15) is 13.3 Å². The fraction of sp³-hybridized carbons (Fsp3) is 0.333. The van der Waals surface area contributed by atoms with Crippen LogP contribution in [0.3, 0.4) is 0 Å². The van der Waals surface area contributed by atoms with Gasteiger partial charge in [-0.05, 0) is 6.42 Å². The van der Waals surface area contributed by atoms with Crippen LogP contribution in [-0.4, -0.2) is 6.61 Å². The maximum Gasteiger partial charge on any atom is 0.647 e. The van der Waals surface area contributed by atoms with E-state index in [4.69, 9.17) is 24.0 Å². The third kappa shape index (κ3) is 1.29. The Bertz CT molecular complexity index is 557. The van der Waals surface area contributed by atoms with Crippen LogP contribution in [0.15, 0.2) is 0 Å². The second kappa shape index (κ2) is 3.20. The van der Waals surface area contributed by atoms with Crippen LogP contribution in [0.2, 0.25) is 0 Å². The first-order chi connectivity index (χ1) is 8.06. The normalized spacial score (nSPS) is 22.9. The van der Waals surface area contributed by atoms with Gasteiger partial charge in [-0.15, -0.1) is 0 Å². The molecule has 3 bridgehead atoms. The summed E-state index contributed by atoms with van der Waals surface area (Å²) in [7, 11) is -3.79. The van der Waals surface area contributed by atoms with Gasteiger partial charge in [0.05, 0.1) is 6.61 Å². The van der Waals surface area contributed by atoms with Crippen molar-refractivity contribution in [1.82, 2.24) is 0 Å². The Morgan fingerprint density at radius 1 is 1.29 bits per heavy atom. The van der Waals surface area contributed by atoms with Crippen molar-refractivity contribution in [3.8, 4) is 23.0 Å². The molecule has 0 saturated carbocycles. The fourth-order valence-electron chi connectivity index (χ4n) is 1.64. The number of phosphoric acid groups is 1. The van der Waals surface area contributed by atoms with Crippen LogP contribution >= 0.6 is 7.82 Å². The third-order valence-electron chi connectivity index (χ3n) is 2.36. The van der Waals surface area contributed by atoms with Gasteiger partial charge in [-0.2, -0.15) is 8.96 Å². The molecule has 0 spiro atoms. The van der Waals surface area contributed by atoms with E-state index in [0.717, 1.165) is 6.42 Å². The van der Waals surface area contributed by atoms with E-state index in [2.05, 4.69) is 0 Å². The van der Waals surface area contributed by atoms with E-state index in [1.54, 1.807) is 0 Å². The molecule has 1 aromatic rings. The highest BCUT2D eigenvalue weighted by molar-refractivity contribution is 7.50. The summed E-state index contributed by atoms with van der Waals surface area (Å²) in [6.07, 6.45) is 0.736. The molecule has 1 unspecified atom stereocenters. The summed E-state index contributed by atoms with van der Waals surface area (Å²) < 4.78 is 45.3. The second-order valence-corrected chi connectivity index (χ2v) is 5.06. The van der Waals surface area contributed by atoms with Crippen molar-refractivity contribution in [3.63, 3.8) is 0 Å². The number of hydrogen-bond acceptors (Lipinski definition) is 6. The first-order valence-electron chi connectivity index (χ1n) is 5.02. The molecule has 2 N–H and O–H groups in total. The zero-order valence-corrected chi connectivity index (χ0v) is 9.75. The van der Waals surface area contributed by atoms with Crippen LogP contribution in [0, 0.1) is 5.82 Å². The van der Waals surface area contributed by atoms with E-state index < -0.39 is 13.6 Å². The predicted molar refractivity (Wildman–Crippen MR) is 56.1 cm³/mol. The maximum absolute atomic E-state index is 13.7. The highest BCUT2D eigenvalue weighted by Crippen LogP contribution is 2.70. The Morgan fingerprint density at radius 2 is 1.94 bits per heavy atom. The largest absolute Gasteiger partial charge is 0.647 e. The number of fused-ring (bicyclic) bond motifs is 2. The molecule has 8 heteroatoms. The smallest absolute Gasteiger partial charge is 0.487 e. The highest BCUT2D eigenvalue weighted by atomic mass is 31.2. The van der Waals surface area contributed by atoms with E-state index >= 15 is 0 Å². The minimum atomic E-state index is -3.79. The summed E-state index contributed by atoms with van der Waals surface area (Å²) in [6.45, 7) is 2.27. The molecule has 0 aromatic heterocycles. The summed E-state index contributed by atoms with van der Waals surface area (Å²) in [4.78, 5) is 0. The van der Waals surface area contributed by atoms with Crippen molar-refractivity contribution < 1.29 is 27.3 Å². The van der Waals surface area contributed by atoms with Gasteiger partial charge in [-0.3, -0.25) is 0 Å². The first-order valence-corrected chi connectivity index (χ1v) is 6.48. The van der Waals surface area contributed by atoms with Crippen molar-refractivity contribution in [2.75, 3.05) is 12.3 Å². The molecule has 0 amide bonds. The summed E-state index contributed by atoms with van der Waals surface area (Å²) in [5.41, 5.74) is 5.62. The molecule has 3 rings (SSSR count). The molecule has 92 valence electrons. The Morgan fingerprint density at radius 3 is 2.65 bits per heavy atom. The minimum absolute atomic E-state index is 0.0595. The van der Waals surface area contributed by atoms with Crippen LogP contribution < -0.4 is 24.0 Å². The van der Waals surface area contributed by atoms with Gasteiger partial charge in [0, 0.05) is 0 Å². The van der Waals surface area contributed by atoms with Crippen molar-refractivity contribution in [1.29, 1.82) is 0 Å². The van der Waals surface area contributed by atoms with E-state index in [1.807, 2.05) is 6.92 Å². The molecule has 2 heterocycles. The maximum atomic E-state index is 13.7. The van der Waals surface area contributed by atoms with Gasteiger partial charge in [-0.1, -0.05) is 6.92 Å². The standard InChI is InChI=1S/C9H9FNO5P/c1-2-3-13-8-5(11)6-4(10)7-9(8)16-17(12,14-6)15-7/h2-3,11H2,1H3. The molecule has 0 fully saturated rings. The molecule has 0 saturated heterocycles. The van der Waals surface area contributed by atoms with Crippen LogP contribution in [0.4, 0.5) is 10.1 Å².